The molecule has 0 saturated carbocycles. The third-order valence-corrected chi connectivity index (χ3v) is 2.77. The molecule has 0 saturated heterocycles. The lowest BCUT2D eigenvalue weighted by Crippen LogP contribution is -2.33. The van der Waals surface area contributed by atoms with Gasteiger partial charge >= 0.3 is 0 Å². The lowest BCUT2D eigenvalue weighted by atomic mass is 10.1. The highest BCUT2D eigenvalue weighted by atomic mass is 79.9. The Kier molecular flexibility index (Phi) is 7.10. The molecule has 0 heterocycles. The molecular formula is C9H20BrNO. The Morgan fingerprint density at radius 2 is 2.00 bits per heavy atom. The number of aliphatic hydroxyl groups excluding tert-OH is 1. The van der Waals surface area contributed by atoms with E-state index in [1.807, 2.05) is 0 Å². The van der Waals surface area contributed by atoms with Crippen molar-refractivity contribution < 1.29 is 5.11 Å². The number of aliphatic hydroxyl groups is 1. The quantitative estimate of drug-likeness (QED) is 0.712. The molecular weight excluding hydrogens is 218 g/mol. The Balaban J connectivity index is 3.51. The van der Waals surface area contributed by atoms with Crippen molar-refractivity contribution in [3.8, 4) is 0 Å². The topological polar surface area (TPSA) is 23.5 Å². The maximum atomic E-state index is 9.33. The molecule has 0 bridgehead atoms. The van der Waals surface area contributed by atoms with Gasteiger partial charge in [-0.1, -0.05) is 36.2 Å². The monoisotopic (exact) mass is 237 g/mol. The fourth-order valence-electron chi connectivity index (χ4n) is 1.14. The van der Waals surface area contributed by atoms with E-state index in [4.69, 9.17) is 0 Å². The Morgan fingerprint density at radius 3 is 2.42 bits per heavy atom. The first-order valence-electron chi connectivity index (χ1n) is 4.52. The molecule has 0 aliphatic heterocycles. The standard InChI is InChI=1S/C9H20BrNO/c1-4-8(2)6-11(3)7-9(12)5-10/h8-9,12H,4-7H2,1-3H3. The Morgan fingerprint density at radius 1 is 1.42 bits per heavy atom. The molecule has 2 unspecified atom stereocenters. The van der Waals surface area contributed by atoms with Crippen molar-refractivity contribution in [1.82, 2.24) is 4.90 Å². The van der Waals surface area contributed by atoms with Gasteiger partial charge in [-0.3, -0.25) is 0 Å². The third kappa shape index (κ3) is 5.98. The van der Waals surface area contributed by atoms with Gasteiger partial charge < -0.3 is 10.0 Å². The van der Waals surface area contributed by atoms with Crippen LogP contribution >= 0.6 is 15.9 Å². The maximum Gasteiger partial charge on any atom is 0.0763 e. The summed E-state index contributed by atoms with van der Waals surface area (Å²) in [6, 6.07) is 0. The summed E-state index contributed by atoms with van der Waals surface area (Å²) in [7, 11) is 2.05. The molecule has 0 fully saturated rings. The average molecular weight is 238 g/mol. The van der Waals surface area contributed by atoms with Crippen molar-refractivity contribution in [2.75, 3.05) is 25.5 Å². The fourth-order valence-corrected chi connectivity index (χ4v) is 1.35. The van der Waals surface area contributed by atoms with Gasteiger partial charge in [0.1, 0.15) is 0 Å². The van der Waals surface area contributed by atoms with Crippen LogP contribution in [0, 0.1) is 5.92 Å². The van der Waals surface area contributed by atoms with Gasteiger partial charge in [-0.2, -0.15) is 0 Å². The van der Waals surface area contributed by atoms with Crippen molar-refractivity contribution in [1.29, 1.82) is 0 Å². The minimum atomic E-state index is -0.237. The average Bonchev–Trinajstić information content (AvgIpc) is 2.03. The lowest BCUT2D eigenvalue weighted by molar-refractivity contribution is 0.137. The van der Waals surface area contributed by atoms with E-state index in [1.54, 1.807) is 0 Å². The van der Waals surface area contributed by atoms with Gasteiger partial charge in [0.15, 0.2) is 0 Å². The maximum absolute atomic E-state index is 9.33. The van der Waals surface area contributed by atoms with E-state index in [2.05, 4.69) is 41.7 Å². The minimum absolute atomic E-state index is 0.237. The highest BCUT2D eigenvalue weighted by Gasteiger charge is 2.08. The first-order valence-corrected chi connectivity index (χ1v) is 5.64. The predicted molar refractivity (Wildman–Crippen MR) is 56.8 cm³/mol. The third-order valence-electron chi connectivity index (χ3n) is 2.02. The van der Waals surface area contributed by atoms with Crippen LogP contribution in [-0.2, 0) is 0 Å². The predicted octanol–water partition coefficient (Wildman–Crippen LogP) is 1.72. The minimum Gasteiger partial charge on any atom is -0.391 e. The lowest BCUT2D eigenvalue weighted by Gasteiger charge is -2.22. The van der Waals surface area contributed by atoms with Crippen LogP contribution in [0.5, 0.6) is 0 Å². The van der Waals surface area contributed by atoms with Crippen LogP contribution in [0.15, 0.2) is 0 Å². The number of likely N-dealkylation sites (N-methyl/N-ethyl adjacent to an activating group) is 1. The van der Waals surface area contributed by atoms with Crippen LogP contribution in [0.2, 0.25) is 0 Å². The van der Waals surface area contributed by atoms with Crippen LogP contribution in [0.4, 0.5) is 0 Å². The fraction of sp³-hybridized carbons (Fsp3) is 1.00. The van der Waals surface area contributed by atoms with Gasteiger partial charge in [0.2, 0.25) is 0 Å². The van der Waals surface area contributed by atoms with Crippen molar-refractivity contribution in [3.63, 3.8) is 0 Å². The summed E-state index contributed by atoms with van der Waals surface area (Å²) in [5, 5.41) is 9.99. The van der Waals surface area contributed by atoms with Gasteiger partial charge in [0.05, 0.1) is 6.10 Å². The largest absolute Gasteiger partial charge is 0.391 e. The van der Waals surface area contributed by atoms with Crippen LogP contribution in [-0.4, -0.2) is 41.6 Å². The molecule has 0 aromatic rings. The van der Waals surface area contributed by atoms with E-state index in [-0.39, 0.29) is 6.10 Å². The Labute approximate surface area is 84.1 Å². The van der Waals surface area contributed by atoms with E-state index in [1.165, 1.54) is 6.42 Å². The van der Waals surface area contributed by atoms with Crippen molar-refractivity contribution >= 4 is 15.9 Å². The highest BCUT2D eigenvalue weighted by molar-refractivity contribution is 9.09. The normalized spacial score (nSPS) is 16.5. The molecule has 0 spiro atoms. The van der Waals surface area contributed by atoms with E-state index in [0.717, 1.165) is 19.0 Å². The number of rotatable bonds is 6. The number of hydrogen-bond acceptors (Lipinski definition) is 2. The Hall–Kier alpha value is 0.400. The van der Waals surface area contributed by atoms with E-state index in [0.29, 0.717) is 5.33 Å². The van der Waals surface area contributed by atoms with Crippen LogP contribution in [0.1, 0.15) is 20.3 Å². The summed E-state index contributed by atoms with van der Waals surface area (Å²) < 4.78 is 0. The van der Waals surface area contributed by atoms with Crippen LogP contribution in [0.25, 0.3) is 0 Å². The molecule has 0 aromatic carbocycles. The van der Waals surface area contributed by atoms with Gasteiger partial charge in [-0.05, 0) is 13.0 Å². The Bertz CT molecular complexity index is 98.7. The number of alkyl halides is 1. The van der Waals surface area contributed by atoms with Gasteiger partial charge in [0, 0.05) is 18.4 Å². The van der Waals surface area contributed by atoms with Gasteiger partial charge in [-0.25, -0.2) is 0 Å². The smallest absolute Gasteiger partial charge is 0.0763 e. The second kappa shape index (κ2) is 6.87. The van der Waals surface area contributed by atoms with Crippen LogP contribution < -0.4 is 0 Å². The first kappa shape index (κ1) is 12.4. The van der Waals surface area contributed by atoms with E-state index >= 15 is 0 Å². The SMILES string of the molecule is CCC(C)CN(C)CC(O)CBr. The molecule has 0 rings (SSSR count). The summed E-state index contributed by atoms with van der Waals surface area (Å²) in [5.74, 6) is 0.720. The molecule has 74 valence electrons. The molecule has 3 heteroatoms. The van der Waals surface area contributed by atoms with Crippen molar-refractivity contribution in [2.45, 2.75) is 26.4 Å². The summed E-state index contributed by atoms with van der Waals surface area (Å²) in [6.07, 6.45) is 0.966. The zero-order valence-electron chi connectivity index (χ0n) is 8.26. The number of halogens is 1. The molecule has 0 aliphatic rings. The summed E-state index contributed by atoms with van der Waals surface area (Å²) in [5.41, 5.74) is 0. The summed E-state index contributed by atoms with van der Waals surface area (Å²) in [6.45, 7) is 6.26. The molecule has 12 heavy (non-hydrogen) atoms. The molecule has 0 amide bonds. The van der Waals surface area contributed by atoms with Gasteiger partial charge in [0.25, 0.3) is 0 Å². The molecule has 2 atom stereocenters. The zero-order chi connectivity index (χ0) is 9.56. The van der Waals surface area contributed by atoms with E-state index in [9.17, 15) is 5.11 Å². The zero-order valence-corrected chi connectivity index (χ0v) is 9.84. The first-order chi connectivity index (χ1) is 5.60. The molecule has 0 aliphatic carbocycles. The molecule has 0 radical (unpaired) electrons. The second-order valence-electron chi connectivity index (χ2n) is 3.54. The number of nitrogens with zero attached hydrogens (tertiary/aromatic N) is 1. The van der Waals surface area contributed by atoms with E-state index < -0.39 is 0 Å². The highest BCUT2D eigenvalue weighted by Crippen LogP contribution is 2.03. The second-order valence-corrected chi connectivity index (χ2v) is 4.19. The van der Waals surface area contributed by atoms with Crippen molar-refractivity contribution in [2.24, 2.45) is 5.92 Å². The molecule has 0 aromatic heterocycles. The molecule has 2 nitrogen and oxygen atoms in total. The van der Waals surface area contributed by atoms with Gasteiger partial charge in [-0.15, -0.1) is 0 Å². The molecule has 1 N–H and O–H groups in total. The summed E-state index contributed by atoms with van der Waals surface area (Å²) in [4.78, 5) is 2.18. The van der Waals surface area contributed by atoms with Crippen molar-refractivity contribution in [3.05, 3.63) is 0 Å². The van der Waals surface area contributed by atoms with Crippen LogP contribution in [0.3, 0.4) is 0 Å². The summed E-state index contributed by atoms with van der Waals surface area (Å²) >= 11 is 3.25. The number of hydrogen-bond donors (Lipinski definition) is 1.